The molecule has 1 aromatic heterocycles. The number of aryl methyl sites for hydroxylation is 1. The van der Waals surface area contributed by atoms with Gasteiger partial charge in [-0.05, 0) is 71.5 Å². The van der Waals surface area contributed by atoms with E-state index < -0.39 is 0 Å². The van der Waals surface area contributed by atoms with Gasteiger partial charge in [-0.2, -0.15) is 5.26 Å². The Labute approximate surface area is 145 Å². The second kappa shape index (κ2) is 7.53. The highest BCUT2D eigenvalue weighted by Gasteiger charge is 2.26. The zero-order chi connectivity index (χ0) is 17.1. The SMILES string of the molecule is Cc1cc(C(=O)CN2CCCCC2)c(C)n1[C@H]1CC[C@@H](C#N)CC1. The van der Waals surface area contributed by atoms with Crippen LogP contribution >= 0.6 is 0 Å². The minimum Gasteiger partial charge on any atom is -0.345 e. The largest absolute Gasteiger partial charge is 0.345 e. The Kier molecular flexibility index (Phi) is 5.40. The molecule has 2 fully saturated rings. The van der Waals surface area contributed by atoms with Crippen molar-refractivity contribution in [3.05, 3.63) is 23.0 Å². The first-order valence-electron chi connectivity index (χ1n) is 9.43. The fourth-order valence-electron chi connectivity index (χ4n) is 4.49. The first-order chi connectivity index (χ1) is 11.6. The van der Waals surface area contributed by atoms with Crippen molar-refractivity contribution in [3.8, 4) is 6.07 Å². The third-order valence-electron chi connectivity index (χ3n) is 5.85. The third kappa shape index (κ3) is 3.57. The standard InChI is InChI=1S/C20H29N3O/c1-15-12-19(20(24)14-22-10-4-3-5-11-22)16(2)23(15)18-8-6-17(13-21)7-9-18/h12,17-18H,3-11,14H2,1-2H3/t17-,18+. The number of nitriles is 1. The van der Waals surface area contributed by atoms with Crippen LogP contribution in [0.1, 0.15) is 72.7 Å². The lowest BCUT2D eigenvalue weighted by Gasteiger charge is -2.29. The number of piperidine rings is 1. The lowest BCUT2D eigenvalue weighted by Crippen LogP contribution is -2.34. The minimum absolute atomic E-state index is 0.220. The van der Waals surface area contributed by atoms with Gasteiger partial charge in [0.15, 0.2) is 5.78 Å². The summed E-state index contributed by atoms with van der Waals surface area (Å²) in [6.45, 7) is 6.88. The summed E-state index contributed by atoms with van der Waals surface area (Å²) in [5.74, 6) is 0.486. The summed E-state index contributed by atoms with van der Waals surface area (Å²) in [4.78, 5) is 15.1. The monoisotopic (exact) mass is 327 g/mol. The van der Waals surface area contributed by atoms with Gasteiger partial charge in [0.2, 0.25) is 0 Å². The maximum atomic E-state index is 12.8. The number of hydrogen-bond donors (Lipinski definition) is 0. The zero-order valence-corrected chi connectivity index (χ0v) is 15.1. The van der Waals surface area contributed by atoms with E-state index in [9.17, 15) is 4.79 Å². The van der Waals surface area contributed by atoms with Crippen molar-refractivity contribution in [2.45, 2.75) is 64.8 Å². The normalized spacial score (nSPS) is 25.4. The van der Waals surface area contributed by atoms with Crippen molar-refractivity contribution >= 4 is 5.78 Å². The molecule has 3 rings (SSSR count). The van der Waals surface area contributed by atoms with Gasteiger partial charge >= 0.3 is 0 Å². The van der Waals surface area contributed by atoms with Crippen LogP contribution in [0.25, 0.3) is 0 Å². The van der Waals surface area contributed by atoms with Gasteiger partial charge in [-0.25, -0.2) is 0 Å². The van der Waals surface area contributed by atoms with Crippen LogP contribution in [0.15, 0.2) is 6.07 Å². The van der Waals surface area contributed by atoms with Crippen LogP contribution in [-0.2, 0) is 0 Å². The number of ketones is 1. The van der Waals surface area contributed by atoms with Crippen molar-refractivity contribution in [3.63, 3.8) is 0 Å². The highest BCUT2D eigenvalue weighted by atomic mass is 16.1. The molecule has 0 radical (unpaired) electrons. The number of carbonyl (C=O) groups excluding carboxylic acids is 1. The Bertz CT molecular complexity index is 626. The van der Waals surface area contributed by atoms with Gasteiger partial charge in [-0.1, -0.05) is 6.42 Å². The molecule has 0 atom stereocenters. The Morgan fingerprint density at radius 2 is 1.83 bits per heavy atom. The maximum absolute atomic E-state index is 12.8. The predicted octanol–water partition coefficient (Wildman–Crippen LogP) is 4.03. The number of Topliss-reactive ketones (excluding diaryl/α,β-unsaturated/α-hetero) is 1. The molecule has 24 heavy (non-hydrogen) atoms. The summed E-state index contributed by atoms with van der Waals surface area (Å²) < 4.78 is 2.36. The Hall–Kier alpha value is -1.60. The molecule has 1 aromatic rings. The van der Waals surface area contributed by atoms with Gasteiger partial charge in [0.05, 0.1) is 12.6 Å². The van der Waals surface area contributed by atoms with Crippen molar-refractivity contribution in [1.29, 1.82) is 5.26 Å². The van der Waals surface area contributed by atoms with E-state index in [1.54, 1.807) is 0 Å². The third-order valence-corrected chi connectivity index (χ3v) is 5.85. The van der Waals surface area contributed by atoms with Gasteiger partial charge in [0, 0.05) is 28.9 Å². The lowest BCUT2D eigenvalue weighted by atomic mass is 9.86. The molecule has 0 N–H and O–H groups in total. The summed E-state index contributed by atoms with van der Waals surface area (Å²) in [5, 5.41) is 9.08. The molecule has 2 heterocycles. The second-order valence-electron chi connectivity index (χ2n) is 7.55. The van der Waals surface area contributed by atoms with Crippen molar-refractivity contribution in [2.24, 2.45) is 5.92 Å². The first kappa shape index (κ1) is 17.2. The molecule has 1 saturated carbocycles. The highest BCUT2D eigenvalue weighted by molar-refractivity contribution is 5.99. The van der Waals surface area contributed by atoms with Crippen LogP contribution in [0.4, 0.5) is 0 Å². The molecule has 1 aliphatic heterocycles. The average Bonchev–Trinajstić information content (AvgIpc) is 2.90. The van der Waals surface area contributed by atoms with Crippen molar-refractivity contribution in [2.75, 3.05) is 19.6 Å². The summed E-state index contributed by atoms with van der Waals surface area (Å²) >= 11 is 0. The number of likely N-dealkylation sites (tertiary alicyclic amines) is 1. The Morgan fingerprint density at radius 1 is 1.17 bits per heavy atom. The van der Waals surface area contributed by atoms with E-state index in [2.05, 4.69) is 35.5 Å². The number of carbonyl (C=O) groups is 1. The van der Waals surface area contributed by atoms with Crippen LogP contribution in [0.2, 0.25) is 0 Å². The molecule has 0 bridgehead atoms. The smallest absolute Gasteiger partial charge is 0.178 e. The summed E-state index contributed by atoms with van der Waals surface area (Å²) in [6, 6.07) is 4.94. The zero-order valence-electron chi connectivity index (χ0n) is 15.1. The molecule has 0 aromatic carbocycles. The van der Waals surface area contributed by atoms with Gasteiger partial charge in [0.25, 0.3) is 0 Å². The summed E-state index contributed by atoms with van der Waals surface area (Å²) in [6.07, 6.45) is 7.79. The van der Waals surface area contributed by atoms with Gasteiger partial charge in [-0.15, -0.1) is 0 Å². The maximum Gasteiger partial charge on any atom is 0.178 e. The van der Waals surface area contributed by atoms with Gasteiger partial charge < -0.3 is 4.57 Å². The molecule has 1 saturated heterocycles. The van der Waals surface area contributed by atoms with Crippen LogP contribution in [0, 0.1) is 31.1 Å². The quantitative estimate of drug-likeness (QED) is 0.785. The topological polar surface area (TPSA) is 49.0 Å². The molecular weight excluding hydrogens is 298 g/mol. The molecular formula is C20H29N3O. The van der Waals surface area contributed by atoms with Crippen molar-refractivity contribution in [1.82, 2.24) is 9.47 Å². The second-order valence-corrected chi connectivity index (χ2v) is 7.55. The minimum atomic E-state index is 0.220. The van der Waals surface area contributed by atoms with E-state index in [-0.39, 0.29) is 11.7 Å². The number of nitrogens with zero attached hydrogens (tertiary/aromatic N) is 3. The molecule has 4 heteroatoms. The molecule has 2 aliphatic rings. The Morgan fingerprint density at radius 3 is 2.46 bits per heavy atom. The van der Waals surface area contributed by atoms with Crippen LogP contribution in [0.3, 0.4) is 0 Å². The molecule has 1 aliphatic carbocycles. The number of aromatic nitrogens is 1. The van der Waals surface area contributed by atoms with Crippen molar-refractivity contribution < 1.29 is 4.79 Å². The average molecular weight is 327 g/mol. The molecule has 0 unspecified atom stereocenters. The van der Waals surface area contributed by atoms with Crippen LogP contribution in [-0.4, -0.2) is 34.9 Å². The van der Waals surface area contributed by atoms with E-state index in [0.717, 1.165) is 50.0 Å². The summed E-state index contributed by atoms with van der Waals surface area (Å²) in [5.41, 5.74) is 3.21. The molecule has 4 nitrogen and oxygen atoms in total. The fraction of sp³-hybridized carbons (Fsp3) is 0.700. The Balaban J connectivity index is 1.72. The summed E-state index contributed by atoms with van der Waals surface area (Å²) in [7, 11) is 0. The van der Waals surface area contributed by atoms with Crippen LogP contribution in [0.5, 0.6) is 0 Å². The van der Waals surface area contributed by atoms with E-state index in [1.807, 2.05) is 0 Å². The number of rotatable bonds is 4. The first-order valence-corrected chi connectivity index (χ1v) is 9.43. The van der Waals surface area contributed by atoms with Crippen LogP contribution < -0.4 is 0 Å². The fourth-order valence-corrected chi connectivity index (χ4v) is 4.49. The van der Waals surface area contributed by atoms with E-state index >= 15 is 0 Å². The highest BCUT2D eigenvalue weighted by Crippen LogP contribution is 2.35. The number of hydrogen-bond acceptors (Lipinski definition) is 3. The molecule has 130 valence electrons. The van der Waals surface area contributed by atoms with E-state index in [1.165, 1.54) is 25.0 Å². The van der Waals surface area contributed by atoms with Gasteiger partial charge in [-0.3, -0.25) is 9.69 Å². The van der Waals surface area contributed by atoms with E-state index in [4.69, 9.17) is 5.26 Å². The lowest BCUT2D eigenvalue weighted by molar-refractivity contribution is 0.0915. The van der Waals surface area contributed by atoms with Gasteiger partial charge in [0.1, 0.15) is 0 Å². The predicted molar refractivity (Wildman–Crippen MR) is 95.1 cm³/mol. The molecule has 0 spiro atoms. The molecule has 0 amide bonds. The van der Waals surface area contributed by atoms with E-state index in [0.29, 0.717) is 12.6 Å².